The van der Waals surface area contributed by atoms with E-state index in [1.54, 1.807) is 12.1 Å². The third-order valence-corrected chi connectivity index (χ3v) is 4.34. The van der Waals surface area contributed by atoms with Crippen molar-refractivity contribution < 1.29 is 18.0 Å². The van der Waals surface area contributed by atoms with Crippen LogP contribution in [0.1, 0.15) is 43.4 Å². The van der Waals surface area contributed by atoms with Gasteiger partial charge in [0.25, 0.3) is 0 Å². The number of hydrogen-bond donors (Lipinski definition) is 1. The van der Waals surface area contributed by atoms with Crippen molar-refractivity contribution in [3.63, 3.8) is 0 Å². The largest absolute Gasteiger partial charge is 0.409 e. The summed E-state index contributed by atoms with van der Waals surface area (Å²) in [6.45, 7) is 4.20. The smallest absolute Gasteiger partial charge is 0.288 e. The highest BCUT2D eigenvalue weighted by molar-refractivity contribution is 5.84. The van der Waals surface area contributed by atoms with Gasteiger partial charge in [-0.3, -0.25) is 10.2 Å². The SMILES string of the molecule is CC(C)c1ccc2cc(C(N3CCC(=O)N3)C(F)(F)F)ccc2c1. The van der Waals surface area contributed by atoms with Crippen molar-refractivity contribution in [2.45, 2.75) is 38.4 Å². The molecule has 0 spiro atoms. The normalized spacial score (nSPS) is 17.5. The second kappa shape index (κ2) is 6.09. The van der Waals surface area contributed by atoms with Gasteiger partial charge in [-0.2, -0.15) is 13.2 Å². The predicted molar refractivity (Wildman–Crippen MR) is 86.3 cm³/mol. The van der Waals surface area contributed by atoms with Crippen molar-refractivity contribution in [1.82, 2.24) is 10.4 Å². The van der Waals surface area contributed by atoms with E-state index >= 15 is 0 Å². The number of carbonyl (C=O) groups excluding carboxylic acids is 1. The lowest BCUT2D eigenvalue weighted by Gasteiger charge is -2.29. The molecule has 3 rings (SSSR count). The van der Waals surface area contributed by atoms with Gasteiger partial charge >= 0.3 is 6.18 Å². The van der Waals surface area contributed by atoms with Crippen molar-refractivity contribution >= 4 is 16.7 Å². The van der Waals surface area contributed by atoms with E-state index in [9.17, 15) is 18.0 Å². The molecule has 1 saturated heterocycles. The van der Waals surface area contributed by atoms with Gasteiger partial charge in [0.2, 0.25) is 5.91 Å². The minimum atomic E-state index is -4.47. The monoisotopic (exact) mass is 336 g/mol. The Morgan fingerprint density at radius 1 is 1.04 bits per heavy atom. The molecule has 1 aliphatic rings. The van der Waals surface area contributed by atoms with Crippen LogP contribution in [-0.2, 0) is 4.79 Å². The van der Waals surface area contributed by atoms with Gasteiger partial charge in [-0.15, -0.1) is 0 Å². The highest BCUT2D eigenvalue weighted by Gasteiger charge is 2.46. The Kier molecular flexibility index (Phi) is 4.25. The van der Waals surface area contributed by atoms with Crippen molar-refractivity contribution in [2.75, 3.05) is 6.54 Å². The van der Waals surface area contributed by atoms with E-state index in [-0.39, 0.29) is 24.4 Å². The molecule has 128 valence electrons. The average molecular weight is 336 g/mol. The zero-order valence-electron chi connectivity index (χ0n) is 13.5. The lowest BCUT2D eigenvalue weighted by Crippen LogP contribution is -2.43. The van der Waals surface area contributed by atoms with Crippen LogP contribution in [0.4, 0.5) is 13.2 Å². The average Bonchev–Trinajstić information content (AvgIpc) is 2.91. The van der Waals surface area contributed by atoms with Crippen molar-refractivity contribution in [3.05, 3.63) is 47.5 Å². The third kappa shape index (κ3) is 3.24. The molecule has 0 bridgehead atoms. The van der Waals surface area contributed by atoms with E-state index in [2.05, 4.69) is 19.3 Å². The fourth-order valence-electron chi connectivity index (χ4n) is 3.05. The molecule has 0 radical (unpaired) electrons. The molecule has 6 heteroatoms. The first-order valence-corrected chi connectivity index (χ1v) is 7.92. The number of fused-ring (bicyclic) bond motifs is 1. The summed E-state index contributed by atoms with van der Waals surface area (Å²) in [5, 5.41) is 2.65. The minimum absolute atomic E-state index is 0.0489. The Bertz CT molecular complexity index is 770. The van der Waals surface area contributed by atoms with Crippen molar-refractivity contribution in [3.8, 4) is 0 Å². The van der Waals surface area contributed by atoms with Gasteiger partial charge in [-0.1, -0.05) is 44.2 Å². The van der Waals surface area contributed by atoms with Crippen molar-refractivity contribution in [1.29, 1.82) is 0 Å². The maximum absolute atomic E-state index is 13.6. The minimum Gasteiger partial charge on any atom is -0.288 e. The fraction of sp³-hybridized carbons (Fsp3) is 0.389. The Balaban J connectivity index is 2.01. The second-order valence-corrected chi connectivity index (χ2v) is 6.44. The molecule has 2 aromatic carbocycles. The quantitative estimate of drug-likeness (QED) is 0.906. The summed E-state index contributed by atoms with van der Waals surface area (Å²) in [6.07, 6.45) is -4.39. The van der Waals surface area contributed by atoms with Crippen LogP contribution in [0.3, 0.4) is 0 Å². The Morgan fingerprint density at radius 2 is 1.62 bits per heavy atom. The molecule has 0 aliphatic carbocycles. The van der Waals surface area contributed by atoms with Crippen LogP contribution in [0.15, 0.2) is 36.4 Å². The number of alkyl halides is 3. The molecule has 2 aromatic rings. The van der Waals surface area contributed by atoms with Crippen LogP contribution in [-0.4, -0.2) is 23.6 Å². The number of carbonyl (C=O) groups is 1. The predicted octanol–water partition coefficient (Wildman–Crippen LogP) is 4.30. The van der Waals surface area contributed by atoms with Crippen LogP contribution in [0.25, 0.3) is 10.8 Å². The summed E-state index contributed by atoms with van der Waals surface area (Å²) < 4.78 is 40.7. The first-order chi connectivity index (χ1) is 11.3. The topological polar surface area (TPSA) is 32.3 Å². The summed E-state index contributed by atoms with van der Waals surface area (Å²) in [7, 11) is 0. The number of hydrazine groups is 1. The molecule has 1 aliphatic heterocycles. The lowest BCUT2D eigenvalue weighted by atomic mass is 9.96. The van der Waals surface area contributed by atoms with Crippen LogP contribution < -0.4 is 5.43 Å². The zero-order valence-corrected chi connectivity index (χ0v) is 13.5. The molecule has 3 nitrogen and oxygen atoms in total. The van der Waals surface area contributed by atoms with Gasteiger partial charge < -0.3 is 0 Å². The number of amides is 1. The summed E-state index contributed by atoms with van der Waals surface area (Å²) in [4.78, 5) is 11.3. The summed E-state index contributed by atoms with van der Waals surface area (Å²) >= 11 is 0. The molecule has 1 heterocycles. The number of benzene rings is 2. The standard InChI is InChI=1S/C18H19F3N2O/c1-11(2)12-3-4-14-10-15(6-5-13(14)9-12)17(18(19,20)21)23-8-7-16(24)22-23/h3-6,9-11,17H,7-8H2,1-2H3,(H,22,24). The van der Waals surface area contributed by atoms with E-state index in [0.29, 0.717) is 5.92 Å². The third-order valence-electron chi connectivity index (χ3n) is 4.34. The maximum Gasteiger partial charge on any atom is 0.409 e. The van der Waals surface area contributed by atoms with Crippen LogP contribution >= 0.6 is 0 Å². The van der Waals surface area contributed by atoms with E-state index in [4.69, 9.17) is 0 Å². The number of rotatable bonds is 3. The first kappa shape index (κ1) is 16.8. The molecular weight excluding hydrogens is 317 g/mol. The molecular formula is C18H19F3N2O. The van der Waals surface area contributed by atoms with Gasteiger partial charge in [0, 0.05) is 13.0 Å². The van der Waals surface area contributed by atoms with E-state index in [0.717, 1.165) is 21.3 Å². The van der Waals surface area contributed by atoms with Crippen LogP contribution in [0.2, 0.25) is 0 Å². The van der Waals surface area contributed by atoms with Crippen LogP contribution in [0.5, 0.6) is 0 Å². The highest BCUT2D eigenvalue weighted by Crippen LogP contribution is 2.39. The number of nitrogens with one attached hydrogen (secondary N) is 1. The van der Waals surface area contributed by atoms with Gasteiger partial charge in [-0.05, 0) is 33.9 Å². The Labute approximate surface area is 138 Å². The summed E-state index contributed by atoms with van der Waals surface area (Å²) in [6, 6.07) is 8.73. The van der Waals surface area contributed by atoms with E-state index < -0.39 is 12.2 Å². The van der Waals surface area contributed by atoms with Crippen molar-refractivity contribution in [2.24, 2.45) is 0 Å². The molecule has 1 unspecified atom stereocenters. The fourth-order valence-corrected chi connectivity index (χ4v) is 3.05. The summed E-state index contributed by atoms with van der Waals surface area (Å²) in [5.74, 6) is -0.0246. The molecule has 0 saturated carbocycles. The highest BCUT2D eigenvalue weighted by atomic mass is 19.4. The molecule has 24 heavy (non-hydrogen) atoms. The second-order valence-electron chi connectivity index (χ2n) is 6.44. The van der Waals surface area contributed by atoms with E-state index in [1.807, 2.05) is 18.2 Å². The van der Waals surface area contributed by atoms with Gasteiger partial charge in [0.05, 0.1) is 0 Å². The first-order valence-electron chi connectivity index (χ1n) is 7.92. The Hall–Kier alpha value is -2.08. The number of nitrogens with zero attached hydrogens (tertiary/aromatic N) is 1. The molecule has 1 fully saturated rings. The number of halogens is 3. The molecule has 1 amide bonds. The van der Waals surface area contributed by atoms with Gasteiger partial charge in [-0.25, -0.2) is 5.01 Å². The molecule has 0 aromatic heterocycles. The van der Waals surface area contributed by atoms with Gasteiger partial charge in [0.15, 0.2) is 0 Å². The summed E-state index contributed by atoms with van der Waals surface area (Å²) in [5.41, 5.74) is 3.59. The zero-order chi connectivity index (χ0) is 17.5. The molecule has 1 atom stereocenters. The Morgan fingerprint density at radius 3 is 2.12 bits per heavy atom. The maximum atomic E-state index is 13.6. The number of hydrogen-bond acceptors (Lipinski definition) is 2. The van der Waals surface area contributed by atoms with Gasteiger partial charge in [0.1, 0.15) is 6.04 Å². The molecule has 1 N–H and O–H groups in total. The van der Waals surface area contributed by atoms with Crippen LogP contribution in [0, 0.1) is 0 Å². The van der Waals surface area contributed by atoms with E-state index in [1.165, 1.54) is 6.07 Å². The lowest BCUT2D eigenvalue weighted by molar-refractivity contribution is -0.191.